The molecule has 0 aliphatic rings. The van der Waals surface area contributed by atoms with Crippen molar-refractivity contribution in [3.63, 3.8) is 0 Å². The number of hydrogen-bond donors (Lipinski definition) is 0. The molecule has 4 nitrogen and oxygen atoms in total. The number of methoxy groups -OCH3 is 1. The van der Waals surface area contributed by atoms with Gasteiger partial charge in [-0.2, -0.15) is 0 Å². The van der Waals surface area contributed by atoms with Crippen LogP contribution >= 0.6 is 0 Å². The summed E-state index contributed by atoms with van der Waals surface area (Å²) in [6, 6.07) is 15.6. The van der Waals surface area contributed by atoms with E-state index in [9.17, 15) is 4.39 Å². The van der Waals surface area contributed by atoms with Gasteiger partial charge in [0.1, 0.15) is 17.1 Å². The van der Waals surface area contributed by atoms with Crippen molar-refractivity contribution in [2.24, 2.45) is 0 Å². The summed E-state index contributed by atoms with van der Waals surface area (Å²) in [5.41, 5.74) is 3.48. The Labute approximate surface area is 137 Å². The van der Waals surface area contributed by atoms with E-state index in [1.165, 1.54) is 12.1 Å². The number of oxazole rings is 1. The molecule has 0 bridgehead atoms. The first kappa shape index (κ1) is 14.4. The molecule has 4 rings (SSSR count). The normalized spacial score (nSPS) is 10.9. The molecule has 2 aromatic heterocycles. The highest BCUT2D eigenvalue weighted by molar-refractivity contribution is 5.78. The zero-order valence-electron chi connectivity index (χ0n) is 12.9. The molecule has 0 saturated heterocycles. The van der Waals surface area contributed by atoms with Crippen LogP contribution in [-0.2, 0) is 0 Å². The average Bonchev–Trinajstić information content (AvgIpc) is 3.05. The smallest absolute Gasteiger partial charge is 0.227 e. The highest BCUT2D eigenvalue weighted by Crippen LogP contribution is 2.34. The Hall–Kier alpha value is -3.21. The first-order valence-corrected chi connectivity index (χ1v) is 7.40. The Kier molecular flexibility index (Phi) is 3.46. The first-order chi connectivity index (χ1) is 11.7. The number of benzene rings is 2. The van der Waals surface area contributed by atoms with Crippen molar-refractivity contribution in [2.45, 2.75) is 0 Å². The fourth-order valence-electron chi connectivity index (χ4n) is 2.58. The number of halogens is 1. The molecule has 0 atom stereocenters. The highest BCUT2D eigenvalue weighted by atomic mass is 19.1. The van der Waals surface area contributed by atoms with E-state index in [0.717, 1.165) is 16.8 Å². The van der Waals surface area contributed by atoms with Gasteiger partial charge in [0, 0.05) is 23.4 Å². The topological polar surface area (TPSA) is 48.2 Å². The van der Waals surface area contributed by atoms with Crippen molar-refractivity contribution in [1.29, 1.82) is 0 Å². The van der Waals surface area contributed by atoms with Gasteiger partial charge in [-0.05, 0) is 42.5 Å². The fraction of sp³-hybridized carbons (Fsp3) is 0.0526. The lowest BCUT2D eigenvalue weighted by Crippen LogP contribution is -1.91. The van der Waals surface area contributed by atoms with Crippen LogP contribution in [0.4, 0.5) is 4.39 Å². The van der Waals surface area contributed by atoms with Gasteiger partial charge >= 0.3 is 0 Å². The summed E-state index contributed by atoms with van der Waals surface area (Å²) in [6.07, 6.45) is 1.73. The number of fused-ring (bicyclic) bond motifs is 1. The van der Waals surface area contributed by atoms with Gasteiger partial charge in [-0.1, -0.05) is 6.07 Å². The van der Waals surface area contributed by atoms with E-state index in [0.29, 0.717) is 22.7 Å². The molecule has 0 fully saturated rings. The molecule has 0 spiro atoms. The van der Waals surface area contributed by atoms with Gasteiger partial charge in [0.05, 0.1) is 12.8 Å². The molecule has 0 amide bonds. The lowest BCUT2D eigenvalue weighted by Gasteiger charge is -2.09. The van der Waals surface area contributed by atoms with Gasteiger partial charge in [0.15, 0.2) is 5.58 Å². The van der Waals surface area contributed by atoms with E-state index in [4.69, 9.17) is 9.15 Å². The summed E-state index contributed by atoms with van der Waals surface area (Å²) in [5.74, 6) is 0.742. The average molecular weight is 320 g/mol. The van der Waals surface area contributed by atoms with Crippen molar-refractivity contribution < 1.29 is 13.5 Å². The minimum Gasteiger partial charge on any atom is -0.496 e. The highest BCUT2D eigenvalue weighted by Gasteiger charge is 2.13. The Morgan fingerprint density at radius 1 is 1.04 bits per heavy atom. The van der Waals surface area contributed by atoms with E-state index in [1.807, 2.05) is 36.4 Å². The van der Waals surface area contributed by atoms with E-state index < -0.39 is 0 Å². The maximum atomic E-state index is 13.3. The largest absolute Gasteiger partial charge is 0.496 e. The number of rotatable bonds is 3. The molecular weight excluding hydrogens is 307 g/mol. The first-order valence-electron chi connectivity index (χ1n) is 7.40. The van der Waals surface area contributed by atoms with E-state index in [1.54, 1.807) is 19.4 Å². The van der Waals surface area contributed by atoms with Crippen LogP contribution in [0.2, 0.25) is 0 Å². The van der Waals surface area contributed by atoms with Crippen LogP contribution in [0.5, 0.6) is 5.75 Å². The lowest BCUT2D eigenvalue weighted by atomic mass is 10.1. The summed E-state index contributed by atoms with van der Waals surface area (Å²) in [5, 5.41) is 0. The zero-order valence-corrected chi connectivity index (χ0v) is 12.9. The second-order valence-electron chi connectivity index (χ2n) is 5.26. The van der Waals surface area contributed by atoms with Gasteiger partial charge < -0.3 is 9.15 Å². The molecule has 4 aromatic rings. The monoisotopic (exact) mass is 320 g/mol. The van der Waals surface area contributed by atoms with Gasteiger partial charge in [0.25, 0.3) is 0 Å². The number of ether oxygens (including phenoxy) is 1. The lowest BCUT2D eigenvalue weighted by molar-refractivity contribution is 0.416. The molecule has 2 aromatic carbocycles. The molecule has 0 aliphatic heterocycles. The maximum Gasteiger partial charge on any atom is 0.227 e. The number of aromatic nitrogens is 2. The Morgan fingerprint density at radius 3 is 2.75 bits per heavy atom. The van der Waals surface area contributed by atoms with Crippen molar-refractivity contribution in [1.82, 2.24) is 9.97 Å². The second kappa shape index (κ2) is 5.77. The predicted molar refractivity (Wildman–Crippen MR) is 89.2 cm³/mol. The molecule has 0 N–H and O–H groups in total. The molecule has 0 aliphatic carbocycles. The van der Waals surface area contributed by atoms with E-state index in [-0.39, 0.29) is 5.82 Å². The van der Waals surface area contributed by atoms with Gasteiger partial charge in [-0.3, -0.25) is 4.98 Å². The number of nitrogens with zero attached hydrogens (tertiary/aromatic N) is 2. The predicted octanol–water partition coefficient (Wildman–Crippen LogP) is 4.70. The van der Waals surface area contributed by atoms with Gasteiger partial charge in [-0.15, -0.1) is 0 Å². The van der Waals surface area contributed by atoms with Crippen LogP contribution in [0.25, 0.3) is 33.8 Å². The van der Waals surface area contributed by atoms with Crippen LogP contribution in [-0.4, -0.2) is 17.1 Å². The molecule has 0 radical (unpaired) electrons. The summed E-state index contributed by atoms with van der Waals surface area (Å²) in [7, 11) is 1.60. The molecule has 118 valence electrons. The van der Waals surface area contributed by atoms with Gasteiger partial charge in [-0.25, -0.2) is 9.37 Å². The maximum absolute atomic E-state index is 13.3. The Bertz CT molecular complexity index is 1010. The molecular formula is C19H13FN2O2. The Morgan fingerprint density at radius 2 is 1.96 bits per heavy atom. The standard InChI is InChI=1S/C19H13FN2O2/c1-23-18-10-12(5-7-14(18)15-4-2-3-9-21-15)19-22-16-11-13(20)6-8-17(16)24-19/h2-11H,1H3. The summed E-state index contributed by atoms with van der Waals surface area (Å²) < 4.78 is 24.5. The van der Waals surface area contributed by atoms with Crippen molar-refractivity contribution in [3.05, 3.63) is 66.6 Å². The molecule has 0 unspecified atom stereocenters. The Balaban J connectivity index is 1.81. The van der Waals surface area contributed by atoms with Crippen molar-refractivity contribution >= 4 is 11.1 Å². The number of pyridine rings is 1. The molecule has 24 heavy (non-hydrogen) atoms. The quantitative estimate of drug-likeness (QED) is 0.549. The number of hydrogen-bond acceptors (Lipinski definition) is 4. The van der Waals surface area contributed by atoms with Crippen LogP contribution in [0.1, 0.15) is 0 Å². The summed E-state index contributed by atoms with van der Waals surface area (Å²) >= 11 is 0. The second-order valence-corrected chi connectivity index (χ2v) is 5.26. The zero-order chi connectivity index (χ0) is 16.5. The minimum atomic E-state index is -0.342. The summed E-state index contributed by atoms with van der Waals surface area (Å²) in [4.78, 5) is 8.69. The van der Waals surface area contributed by atoms with Crippen LogP contribution in [0, 0.1) is 5.82 Å². The van der Waals surface area contributed by atoms with Crippen LogP contribution < -0.4 is 4.74 Å². The molecule has 5 heteroatoms. The van der Waals surface area contributed by atoms with Gasteiger partial charge in [0.2, 0.25) is 5.89 Å². The van der Waals surface area contributed by atoms with E-state index >= 15 is 0 Å². The summed E-state index contributed by atoms with van der Waals surface area (Å²) in [6.45, 7) is 0. The minimum absolute atomic E-state index is 0.342. The molecule has 0 saturated carbocycles. The SMILES string of the molecule is COc1cc(-c2nc3cc(F)ccc3o2)ccc1-c1ccccn1. The van der Waals surface area contributed by atoms with Crippen molar-refractivity contribution in [2.75, 3.05) is 7.11 Å². The third kappa shape index (κ3) is 2.50. The van der Waals surface area contributed by atoms with Crippen LogP contribution in [0.15, 0.2) is 65.2 Å². The third-order valence-electron chi connectivity index (χ3n) is 3.74. The third-order valence-corrected chi connectivity index (χ3v) is 3.74. The van der Waals surface area contributed by atoms with Crippen molar-refractivity contribution in [3.8, 4) is 28.5 Å². The van der Waals surface area contributed by atoms with Crippen LogP contribution in [0.3, 0.4) is 0 Å². The van der Waals surface area contributed by atoms with E-state index in [2.05, 4.69) is 9.97 Å². The fourth-order valence-corrected chi connectivity index (χ4v) is 2.58. The molecule has 2 heterocycles.